The Labute approximate surface area is 210 Å². The van der Waals surface area contributed by atoms with Gasteiger partial charge in [-0.2, -0.15) is 0 Å². The van der Waals surface area contributed by atoms with Gasteiger partial charge in [-0.05, 0) is 41.6 Å². The molecule has 35 heavy (non-hydrogen) atoms. The van der Waals surface area contributed by atoms with Crippen LogP contribution in [0.3, 0.4) is 0 Å². The first kappa shape index (κ1) is 23.5. The number of methoxy groups -OCH3 is 2. The molecular weight excluding hydrogens is 518 g/mol. The lowest BCUT2D eigenvalue weighted by Crippen LogP contribution is -2.39. The van der Waals surface area contributed by atoms with Crippen molar-refractivity contribution in [3.8, 4) is 17.2 Å². The van der Waals surface area contributed by atoms with Crippen LogP contribution in [0.1, 0.15) is 31.2 Å². The van der Waals surface area contributed by atoms with Gasteiger partial charge in [-0.1, -0.05) is 11.6 Å². The number of benzene rings is 1. The normalized spacial score (nSPS) is 27.8. The number of nitrogens with zero attached hydrogens (tertiary/aromatic N) is 1. The van der Waals surface area contributed by atoms with Gasteiger partial charge in [-0.3, -0.25) is 24.1 Å². The summed E-state index contributed by atoms with van der Waals surface area (Å²) in [5.74, 6) is -2.84. The van der Waals surface area contributed by atoms with Crippen molar-refractivity contribution >= 4 is 39.3 Å². The number of hydrogen-bond donors (Lipinski definition) is 1. The third kappa shape index (κ3) is 3.31. The number of halogens is 1. The molecular formula is C26H24BrNO7. The van der Waals surface area contributed by atoms with Gasteiger partial charge in [0.25, 0.3) is 0 Å². The van der Waals surface area contributed by atoms with Crippen LogP contribution in [0.5, 0.6) is 17.2 Å². The van der Waals surface area contributed by atoms with Crippen molar-refractivity contribution in [2.75, 3.05) is 20.8 Å². The third-order valence-electron chi connectivity index (χ3n) is 7.56. The molecule has 1 fully saturated rings. The maximum Gasteiger partial charge on any atom is 0.233 e. The average molecular weight is 542 g/mol. The number of carbonyl (C=O) groups excluding carboxylic acids is 4. The highest BCUT2D eigenvalue weighted by Gasteiger charge is 2.56. The molecule has 0 bridgehead atoms. The van der Waals surface area contributed by atoms with Crippen molar-refractivity contribution in [2.24, 2.45) is 17.8 Å². The van der Waals surface area contributed by atoms with Crippen molar-refractivity contribution in [1.29, 1.82) is 0 Å². The number of likely N-dealkylation sites (tertiary alicyclic amines) is 1. The number of phenolic OH excluding ortho intramolecular Hbond substituents is 1. The van der Waals surface area contributed by atoms with Crippen LogP contribution in [0.15, 0.2) is 45.5 Å². The Morgan fingerprint density at radius 1 is 1.06 bits per heavy atom. The summed E-state index contributed by atoms with van der Waals surface area (Å²) in [6, 6.07) is 2.86. The van der Waals surface area contributed by atoms with Crippen LogP contribution in [0.4, 0.5) is 0 Å². The van der Waals surface area contributed by atoms with E-state index in [-0.39, 0.29) is 46.6 Å². The minimum Gasteiger partial charge on any atom is -0.508 e. The van der Waals surface area contributed by atoms with Gasteiger partial charge in [0.2, 0.25) is 11.8 Å². The van der Waals surface area contributed by atoms with E-state index in [1.54, 1.807) is 6.92 Å². The van der Waals surface area contributed by atoms with Crippen LogP contribution in [-0.2, 0) is 19.2 Å². The number of fused-ring (bicyclic) bond motifs is 3. The van der Waals surface area contributed by atoms with Crippen LogP contribution < -0.4 is 9.47 Å². The highest BCUT2D eigenvalue weighted by Crippen LogP contribution is 2.58. The predicted molar refractivity (Wildman–Crippen MR) is 128 cm³/mol. The molecule has 5 rings (SSSR count). The number of carbonyl (C=O) groups is 4. The molecule has 0 spiro atoms. The molecule has 4 atom stereocenters. The summed E-state index contributed by atoms with van der Waals surface area (Å²) >= 11 is 3.21. The number of Topliss-reactive ketones (excluding diaryl/α,β-unsaturated/α-hetero) is 1. The number of ketones is 2. The molecule has 1 saturated heterocycles. The largest absolute Gasteiger partial charge is 0.508 e. The quantitative estimate of drug-likeness (QED) is 0.354. The Morgan fingerprint density at radius 3 is 2.31 bits per heavy atom. The average Bonchev–Trinajstić information content (AvgIpc) is 3.09. The second kappa shape index (κ2) is 8.48. The molecule has 1 heterocycles. The van der Waals surface area contributed by atoms with Gasteiger partial charge in [-0.25, -0.2) is 0 Å². The van der Waals surface area contributed by atoms with Gasteiger partial charge in [0.05, 0.1) is 30.5 Å². The zero-order valence-corrected chi connectivity index (χ0v) is 21.0. The van der Waals surface area contributed by atoms with E-state index < -0.39 is 23.7 Å². The van der Waals surface area contributed by atoms with Crippen molar-refractivity contribution in [1.82, 2.24) is 4.90 Å². The third-order valence-corrected chi connectivity index (χ3v) is 8.15. The summed E-state index contributed by atoms with van der Waals surface area (Å²) < 4.78 is 11.3. The molecule has 0 saturated carbocycles. The Bertz CT molecular complexity index is 1270. The smallest absolute Gasteiger partial charge is 0.233 e. The van der Waals surface area contributed by atoms with Gasteiger partial charge in [-0.15, -0.1) is 0 Å². The number of hydrogen-bond acceptors (Lipinski definition) is 7. The van der Waals surface area contributed by atoms with Crippen molar-refractivity contribution in [2.45, 2.75) is 25.7 Å². The van der Waals surface area contributed by atoms with Gasteiger partial charge in [0.15, 0.2) is 11.6 Å². The minimum absolute atomic E-state index is 0.0782. The lowest BCUT2D eigenvalue weighted by molar-refractivity contribution is -0.139. The van der Waals surface area contributed by atoms with Crippen LogP contribution in [0.2, 0.25) is 0 Å². The molecule has 8 nitrogen and oxygen atoms in total. The lowest BCUT2D eigenvalue weighted by atomic mass is 9.59. The topological polar surface area (TPSA) is 110 Å². The van der Waals surface area contributed by atoms with E-state index in [0.29, 0.717) is 34.6 Å². The second-order valence-corrected chi connectivity index (χ2v) is 9.93. The van der Waals surface area contributed by atoms with Gasteiger partial charge in [0.1, 0.15) is 17.2 Å². The first-order chi connectivity index (χ1) is 16.7. The van der Waals surface area contributed by atoms with E-state index in [2.05, 4.69) is 15.9 Å². The molecule has 4 unspecified atom stereocenters. The zero-order valence-electron chi connectivity index (χ0n) is 19.5. The molecule has 1 aromatic carbocycles. The Kier molecular flexibility index (Phi) is 5.70. The number of imide groups is 1. The van der Waals surface area contributed by atoms with E-state index in [9.17, 15) is 24.3 Å². The van der Waals surface area contributed by atoms with Crippen molar-refractivity contribution in [3.05, 3.63) is 51.0 Å². The number of rotatable bonds is 4. The predicted octanol–water partition coefficient (Wildman–Crippen LogP) is 3.19. The molecule has 4 aliphatic rings. The monoisotopic (exact) mass is 541 g/mol. The van der Waals surface area contributed by atoms with Crippen molar-refractivity contribution < 1.29 is 33.8 Å². The van der Waals surface area contributed by atoms with Gasteiger partial charge in [0, 0.05) is 47.4 Å². The fourth-order valence-corrected chi connectivity index (χ4v) is 6.57. The van der Waals surface area contributed by atoms with E-state index in [0.717, 1.165) is 5.57 Å². The summed E-state index contributed by atoms with van der Waals surface area (Å²) in [6.45, 7) is 2.05. The highest BCUT2D eigenvalue weighted by atomic mass is 79.9. The summed E-state index contributed by atoms with van der Waals surface area (Å²) in [4.78, 5) is 54.2. The summed E-state index contributed by atoms with van der Waals surface area (Å²) in [6.07, 6.45) is 3.75. The number of allylic oxidation sites excluding steroid dienone is 6. The van der Waals surface area contributed by atoms with Crippen LogP contribution >= 0.6 is 15.9 Å². The second-order valence-electron chi connectivity index (χ2n) is 9.08. The van der Waals surface area contributed by atoms with Crippen LogP contribution in [0, 0.1) is 17.8 Å². The molecule has 2 amide bonds. The van der Waals surface area contributed by atoms with E-state index in [1.807, 2.05) is 6.08 Å². The maximum atomic E-state index is 13.3. The van der Waals surface area contributed by atoms with Gasteiger partial charge < -0.3 is 14.6 Å². The minimum atomic E-state index is -0.734. The first-order valence-electron chi connectivity index (χ1n) is 11.4. The van der Waals surface area contributed by atoms with E-state index >= 15 is 0 Å². The lowest BCUT2D eigenvalue weighted by Gasteiger charge is -2.42. The van der Waals surface area contributed by atoms with E-state index in [4.69, 9.17) is 9.47 Å². The van der Waals surface area contributed by atoms with Crippen molar-refractivity contribution in [3.63, 3.8) is 0 Å². The summed E-state index contributed by atoms with van der Waals surface area (Å²) in [5.41, 5.74) is 1.92. The first-order valence-corrected chi connectivity index (χ1v) is 12.2. The number of ether oxygens (including phenoxy) is 2. The maximum absolute atomic E-state index is 13.3. The molecule has 0 aromatic heterocycles. The molecule has 1 aliphatic heterocycles. The van der Waals surface area contributed by atoms with E-state index in [1.165, 1.54) is 37.3 Å². The van der Waals surface area contributed by atoms with Crippen LogP contribution in [0.25, 0.3) is 0 Å². The SMILES string of the molecule is CCN1C(=O)C2CC=C3C(c4c(OC)cc(O)cc4OC)C4=C(CC3C2C1=O)C(=O)C(Br)=CC4=O. The molecule has 182 valence electrons. The standard InChI is InChI=1S/C26H24BrNO7/c1-4-28-25(32)13-6-5-12-14(20(13)26(28)33)9-15-21(17(30)10-16(27)24(15)31)22(12)23-18(34-2)7-11(29)8-19(23)35-3/h5,7-8,10,13-14,20,22,29H,4,6,9H2,1-3H3. The Morgan fingerprint density at radius 2 is 1.71 bits per heavy atom. The Hall–Kier alpha value is -3.20. The highest BCUT2D eigenvalue weighted by molar-refractivity contribution is 9.12. The molecule has 3 aliphatic carbocycles. The summed E-state index contributed by atoms with van der Waals surface area (Å²) in [7, 11) is 2.89. The molecule has 1 N–H and O–H groups in total. The van der Waals surface area contributed by atoms with Gasteiger partial charge >= 0.3 is 0 Å². The zero-order chi connectivity index (χ0) is 25.2. The Balaban J connectivity index is 1.77. The fraction of sp³-hybridized carbons (Fsp3) is 0.385. The summed E-state index contributed by atoms with van der Waals surface area (Å²) in [5, 5.41) is 10.2. The number of aromatic hydroxyl groups is 1. The molecule has 9 heteroatoms. The molecule has 1 aromatic rings. The van der Waals surface area contributed by atoms with Crippen LogP contribution in [-0.4, -0.2) is 54.2 Å². The number of phenols is 1. The fourth-order valence-electron chi connectivity index (χ4n) is 6.12. The molecule has 0 radical (unpaired) electrons. The number of amides is 2.